The van der Waals surface area contributed by atoms with Crippen molar-refractivity contribution in [1.29, 1.82) is 0 Å². The van der Waals surface area contributed by atoms with E-state index in [1.165, 1.54) is 19.1 Å². The third-order valence-corrected chi connectivity index (χ3v) is 9.99. The van der Waals surface area contributed by atoms with Crippen LogP contribution in [0.25, 0.3) is 0 Å². The number of carboxylic acid groups (broad SMARTS) is 4. The minimum absolute atomic E-state index is 0.0498. The lowest BCUT2D eigenvalue weighted by atomic mass is 9.81. The Morgan fingerprint density at radius 1 is 0.635 bits per heavy atom. The van der Waals surface area contributed by atoms with Gasteiger partial charge < -0.3 is 66.5 Å². The van der Waals surface area contributed by atoms with Gasteiger partial charge >= 0.3 is 29.9 Å². The predicted molar refractivity (Wildman–Crippen MR) is 221 cm³/mol. The standard InChI is InChI=1S/C41H62N6O16/c1-26(48)42-17-19-62-21-23-63-22-20-61-18-15-34(49)44-25-28-7-9-29(10-8-28)36(52)45-33(24-27-5-11-30(12-6-27)38(54)55)37(53)43-16-3-2-4-31(39(56)57)46-41(60)47-32(40(58)59)13-14-35(50)51/h5-6,11-12,28-29,31-33H,2-4,7-10,13-25H2,1H3,(H,42,48)(H,43,53)(H,44,49)(H,45,52)(H,50,51)(H,54,55)(H,56,57)(H,58,59)(H2,46,47,60)/t28?,29?,31-,32-,33-/m0/s1. The van der Waals surface area contributed by atoms with E-state index in [0.29, 0.717) is 77.4 Å². The molecule has 1 aromatic rings. The van der Waals surface area contributed by atoms with Gasteiger partial charge in [0, 0.05) is 51.7 Å². The van der Waals surface area contributed by atoms with Gasteiger partial charge in [0.15, 0.2) is 0 Å². The van der Waals surface area contributed by atoms with Gasteiger partial charge in [0.25, 0.3) is 0 Å². The highest BCUT2D eigenvalue weighted by Gasteiger charge is 2.30. The number of carboxylic acids is 4. The first-order valence-electron chi connectivity index (χ1n) is 20.9. The van der Waals surface area contributed by atoms with E-state index < -0.39 is 66.8 Å². The molecule has 0 bridgehead atoms. The summed E-state index contributed by atoms with van der Waals surface area (Å²) in [4.78, 5) is 108. The van der Waals surface area contributed by atoms with Gasteiger partial charge in [-0.1, -0.05) is 12.1 Å². The minimum atomic E-state index is -1.55. The van der Waals surface area contributed by atoms with Crippen LogP contribution in [0.15, 0.2) is 24.3 Å². The zero-order chi connectivity index (χ0) is 46.6. The largest absolute Gasteiger partial charge is 0.481 e. The second-order valence-corrected chi connectivity index (χ2v) is 15.0. The number of ether oxygens (including phenoxy) is 3. The number of carbonyl (C=O) groups is 9. The molecule has 2 rings (SSSR count). The molecule has 0 spiro atoms. The molecule has 22 heteroatoms. The molecule has 1 aliphatic carbocycles. The quantitative estimate of drug-likeness (QED) is 0.0434. The molecular formula is C41H62N6O16. The number of benzene rings is 1. The number of hydrogen-bond acceptors (Lipinski definition) is 12. The maximum Gasteiger partial charge on any atom is 0.335 e. The Balaban J connectivity index is 1.79. The number of urea groups is 1. The molecular weight excluding hydrogens is 832 g/mol. The summed E-state index contributed by atoms with van der Waals surface area (Å²) in [5, 5.41) is 52.3. The van der Waals surface area contributed by atoms with Crippen molar-refractivity contribution in [2.45, 2.75) is 95.7 Å². The smallest absolute Gasteiger partial charge is 0.335 e. The molecule has 10 N–H and O–H groups in total. The van der Waals surface area contributed by atoms with Crippen molar-refractivity contribution in [3.63, 3.8) is 0 Å². The van der Waals surface area contributed by atoms with Gasteiger partial charge in [-0.25, -0.2) is 19.2 Å². The summed E-state index contributed by atoms with van der Waals surface area (Å²) in [5.41, 5.74) is 0.645. The summed E-state index contributed by atoms with van der Waals surface area (Å²) in [6.07, 6.45) is 2.11. The minimum Gasteiger partial charge on any atom is -0.481 e. The van der Waals surface area contributed by atoms with Crippen LogP contribution in [0.3, 0.4) is 0 Å². The molecule has 0 aromatic heterocycles. The maximum absolute atomic E-state index is 13.5. The first-order chi connectivity index (χ1) is 30.0. The van der Waals surface area contributed by atoms with Gasteiger partial charge in [-0.15, -0.1) is 0 Å². The van der Waals surface area contributed by atoms with Gasteiger partial charge in [0.2, 0.25) is 23.6 Å². The zero-order valence-corrected chi connectivity index (χ0v) is 35.5. The number of hydrogen-bond donors (Lipinski definition) is 10. The van der Waals surface area contributed by atoms with Gasteiger partial charge in [0.05, 0.1) is 45.2 Å². The molecule has 1 saturated carbocycles. The van der Waals surface area contributed by atoms with E-state index in [2.05, 4.69) is 31.9 Å². The normalized spacial score (nSPS) is 16.0. The van der Waals surface area contributed by atoms with Crippen LogP contribution < -0.4 is 31.9 Å². The Labute approximate surface area is 364 Å². The van der Waals surface area contributed by atoms with Crippen molar-refractivity contribution in [2.75, 3.05) is 59.3 Å². The van der Waals surface area contributed by atoms with Crippen molar-refractivity contribution in [3.8, 4) is 0 Å². The van der Waals surface area contributed by atoms with Crippen LogP contribution in [0.5, 0.6) is 0 Å². The Hall–Kier alpha value is -5.87. The first-order valence-corrected chi connectivity index (χ1v) is 20.9. The lowest BCUT2D eigenvalue weighted by molar-refractivity contribution is -0.141. The summed E-state index contributed by atoms with van der Waals surface area (Å²) < 4.78 is 16.2. The predicted octanol–water partition coefficient (Wildman–Crippen LogP) is 0.268. The summed E-state index contributed by atoms with van der Waals surface area (Å²) in [5.74, 6) is -6.60. The van der Waals surface area contributed by atoms with E-state index in [4.69, 9.17) is 19.3 Å². The average Bonchev–Trinajstić information content (AvgIpc) is 3.23. The maximum atomic E-state index is 13.5. The second kappa shape index (κ2) is 30.2. The fraction of sp³-hybridized carbons (Fsp3) is 0.634. The number of amides is 6. The Bertz CT molecular complexity index is 1650. The van der Waals surface area contributed by atoms with Crippen LogP contribution in [-0.4, -0.2) is 151 Å². The van der Waals surface area contributed by atoms with Crippen LogP contribution >= 0.6 is 0 Å². The van der Waals surface area contributed by atoms with Crippen molar-refractivity contribution < 1.29 is 77.8 Å². The van der Waals surface area contributed by atoms with E-state index in [9.17, 15) is 58.5 Å². The van der Waals surface area contributed by atoms with Crippen molar-refractivity contribution in [1.82, 2.24) is 31.9 Å². The Kier molecular flexibility index (Phi) is 25.6. The van der Waals surface area contributed by atoms with Gasteiger partial charge in [-0.3, -0.25) is 24.0 Å². The third-order valence-electron chi connectivity index (χ3n) is 9.99. The van der Waals surface area contributed by atoms with Crippen molar-refractivity contribution >= 4 is 53.5 Å². The molecule has 352 valence electrons. The summed E-state index contributed by atoms with van der Waals surface area (Å²) in [6, 6.07) is 0.795. The third kappa shape index (κ3) is 23.8. The zero-order valence-electron chi connectivity index (χ0n) is 35.5. The lowest BCUT2D eigenvalue weighted by Crippen LogP contribution is -2.51. The van der Waals surface area contributed by atoms with Crippen molar-refractivity contribution in [2.24, 2.45) is 11.8 Å². The van der Waals surface area contributed by atoms with Crippen LogP contribution in [0.4, 0.5) is 4.79 Å². The van der Waals surface area contributed by atoms with E-state index in [1.807, 2.05) is 0 Å². The van der Waals surface area contributed by atoms with Crippen LogP contribution in [0.1, 0.15) is 87.1 Å². The van der Waals surface area contributed by atoms with Gasteiger partial charge in [-0.2, -0.15) is 0 Å². The number of carbonyl (C=O) groups excluding carboxylic acids is 5. The molecule has 0 heterocycles. The van der Waals surface area contributed by atoms with Gasteiger partial charge in [0.1, 0.15) is 18.1 Å². The highest BCUT2D eigenvalue weighted by Crippen LogP contribution is 2.29. The SMILES string of the molecule is CC(=O)NCCOCCOCCOCCC(=O)NCC1CCC(C(=O)N[C@@H](Cc2ccc(C(=O)O)cc2)C(=O)NCCCC[C@H](NC(=O)N[C@@H](CCC(=O)O)C(=O)O)C(=O)O)CC1. The van der Waals surface area contributed by atoms with E-state index >= 15 is 0 Å². The van der Waals surface area contributed by atoms with Gasteiger partial charge in [-0.05, 0) is 75.0 Å². The molecule has 0 aliphatic heterocycles. The molecule has 1 fully saturated rings. The molecule has 6 amide bonds. The number of nitrogens with one attached hydrogen (secondary N) is 6. The Morgan fingerprint density at radius 2 is 1.22 bits per heavy atom. The fourth-order valence-electron chi connectivity index (χ4n) is 6.45. The summed E-state index contributed by atoms with van der Waals surface area (Å²) in [7, 11) is 0. The van der Waals surface area contributed by atoms with Crippen LogP contribution in [-0.2, 0) is 54.2 Å². The number of unbranched alkanes of at least 4 members (excludes halogenated alkanes) is 1. The Morgan fingerprint density at radius 3 is 1.79 bits per heavy atom. The highest BCUT2D eigenvalue weighted by atomic mass is 16.5. The summed E-state index contributed by atoms with van der Waals surface area (Å²) in [6.45, 7) is 4.45. The number of aromatic carboxylic acids is 1. The molecule has 3 atom stereocenters. The lowest BCUT2D eigenvalue weighted by Gasteiger charge is -2.29. The molecule has 1 aromatic carbocycles. The number of aliphatic carboxylic acids is 3. The summed E-state index contributed by atoms with van der Waals surface area (Å²) >= 11 is 0. The molecule has 0 radical (unpaired) electrons. The molecule has 1 aliphatic rings. The van der Waals surface area contributed by atoms with E-state index in [-0.39, 0.29) is 80.4 Å². The molecule has 0 unspecified atom stereocenters. The molecule has 0 saturated heterocycles. The average molecular weight is 895 g/mol. The van der Waals surface area contributed by atoms with E-state index in [1.54, 1.807) is 12.1 Å². The second-order valence-electron chi connectivity index (χ2n) is 15.0. The van der Waals surface area contributed by atoms with Crippen molar-refractivity contribution in [3.05, 3.63) is 35.4 Å². The molecule has 22 nitrogen and oxygen atoms in total. The first kappa shape index (κ1) is 53.3. The number of rotatable bonds is 32. The molecule has 63 heavy (non-hydrogen) atoms. The monoisotopic (exact) mass is 894 g/mol. The van der Waals surface area contributed by atoms with Crippen LogP contribution in [0, 0.1) is 11.8 Å². The fourth-order valence-corrected chi connectivity index (χ4v) is 6.45. The topological polar surface area (TPSA) is 334 Å². The van der Waals surface area contributed by atoms with Crippen LogP contribution in [0.2, 0.25) is 0 Å². The highest BCUT2D eigenvalue weighted by molar-refractivity contribution is 5.89. The van der Waals surface area contributed by atoms with E-state index in [0.717, 1.165) is 0 Å².